The van der Waals surface area contributed by atoms with Crippen molar-refractivity contribution >= 4 is 27.7 Å². The fraction of sp³-hybridized carbons (Fsp3) is 0.385. The lowest BCUT2D eigenvalue weighted by Crippen LogP contribution is -2.64. The number of halogens is 3. The van der Waals surface area contributed by atoms with Crippen molar-refractivity contribution in [3.8, 4) is 0 Å². The van der Waals surface area contributed by atoms with E-state index in [1.807, 2.05) is 0 Å². The molecule has 0 aliphatic carbocycles. The number of piperazine rings is 1. The summed E-state index contributed by atoms with van der Waals surface area (Å²) in [6.45, 7) is 2.61. The number of rotatable bonds is 2. The second-order valence-corrected chi connectivity index (χ2v) is 5.90. The first-order chi connectivity index (χ1) is 9.25. The number of carbonyl (C=O) groups is 2. The van der Waals surface area contributed by atoms with Crippen LogP contribution < -0.4 is 5.32 Å². The number of hydrogen-bond donors (Lipinski definition) is 1. The van der Waals surface area contributed by atoms with Crippen LogP contribution >= 0.6 is 15.9 Å². The van der Waals surface area contributed by atoms with E-state index in [2.05, 4.69) is 21.2 Å². The van der Waals surface area contributed by atoms with E-state index in [4.69, 9.17) is 0 Å². The van der Waals surface area contributed by atoms with E-state index in [0.717, 1.165) is 6.07 Å². The van der Waals surface area contributed by atoms with Crippen molar-refractivity contribution in [2.45, 2.75) is 25.9 Å². The molecule has 1 aromatic carbocycles. The minimum Gasteiger partial charge on any atom is -0.345 e. The molecule has 0 unspecified atom stereocenters. The summed E-state index contributed by atoms with van der Waals surface area (Å²) >= 11 is 2.98. The molecule has 0 atom stereocenters. The molecule has 0 bridgehead atoms. The van der Waals surface area contributed by atoms with Crippen LogP contribution in [0.15, 0.2) is 16.6 Å². The van der Waals surface area contributed by atoms with Crippen molar-refractivity contribution in [2.75, 3.05) is 6.54 Å². The maximum Gasteiger partial charge on any atom is 0.245 e. The zero-order valence-corrected chi connectivity index (χ0v) is 12.6. The van der Waals surface area contributed by atoms with Crippen molar-refractivity contribution in [3.63, 3.8) is 0 Å². The molecular formula is C13H13BrF2N2O2. The minimum absolute atomic E-state index is 0.112. The Balaban J connectivity index is 2.40. The molecule has 2 rings (SSSR count). The third-order valence-corrected chi connectivity index (χ3v) is 4.00. The Morgan fingerprint density at radius 2 is 2.00 bits per heavy atom. The summed E-state index contributed by atoms with van der Waals surface area (Å²) in [5.41, 5.74) is -1.40. The first-order valence-corrected chi connectivity index (χ1v) is 6.75. The van der Waals surface area contributed by atoms with Gasteiger partial charge in [-0.3, -0.25) is 9.59 Å². The highest BCUT2D eigenvalue weighted by Crippen LogP contribution is 2.27. The summed E-state index contributed by atoms with van der Waals surface area (Å²) in [5, 5.41) is 2.45. The average Bonchev–Trinajstić information content (AvgIpc) is 2.38. The van der Waals surface area contributed by atoms with Gasteiger partial charge in [-0.15, -0.1) is 0 Å². The lowest BCUT2D eigenvalue weighted by Gasteiger charge is -2.41. The summed E-state index contributed by atoms with van der Waals surface area (Å²) < 4.78 is 27.8. The highest BCUT2D eigenvalue weighted by molar-refractivity contribution is 9.10. The first-order valence-electron chi connectivity index (χ1n) is 5.96. The number of amides is 2. The minimum atomic E-state index is -1.16. The van der Waals surface area contributed by atoms with E-state index in [-0.39, 0.29) is 34.9 Å². The Hall–Kier alpha value is -1.50. The lowest BCUT2D eigenvalue weighted by atomic mass is 9.97. The van der Waals surface area contributed by atoms with E-state index in [9.17, 15) is 18.4 Å². The van der Waals surface area contributed by atoms with Crippen LogP contribution in [0, 0.1) is 11.6 Å². The molecule has 1 saturated heterocycles. The van der Waals surface area contributed by atoms with Gasteiger partial charge in [0.25, 0.3) is 0 Å². The molecule has 0 spiro atoms. The largest absolute Gasteiger partial charge is 0.345 e. The summed E-state index contributed by atoms with van der Waals surface area (Å²) in [6.07, 6.45) is 0. The van der Waals surface area contributed by atoms with Gasteiger partial charge in [-0.2, -0.15) is 0 Å². The van der Waals surface area contributed by atoms with Gasteiger partial charge in [-0.25, -0.2) is 8.78 Å². The van der Waals surface area contributed by atoms with Crippen LogP contribution in [0.25, 0.3) is 0 Å². The third-order valence-electron chi connectivity index (χ3n) is 3.39. The number of nitrogens with zero attached hydrogens (tertiary/aromatic N) is 1. The lowest BCUT2D eigenvalue weighted by molar-refractivity contribution is -0.152. The normalized spacial score (nSPS) is 18.1. The smallest absolute Gasteiger partial charge is 0.245 e. The highest BCUT2D eigenvalue weighted by atomic mass is 79.9. The quantitative estimate of drug-likeness (QED) is 0.832. The van der Waals surface area contributed by atoms with Crippen LogP contribution in [-0.4, -0.2) is 28.8 Å². The Bertz CT molecular complexity index is 590. The van der Waals surface area contributed by atoms with Crippen molar-refractivity contribution < 1.29 is 18.4 Å². The van der Waals surface area contributed by atoms with Crippen molar-refractivity contribution in [1.82, 2.24) is 10.2 Å². The first kappa shape index (κ1) is 14.9. The summed E-state index contributed by atoms with van der Waals surface area (Å²) in [5.74, 6) is -2.25. The average molecular weight is 347 g/mol. The van der Waals surface area contributed by atoms with Crippen LogP contribution in [0.1, 0.15) is 19.4 Å². The molecule has 0 radical (unpaired) electrons. The standard InChI is InChI=1S/C13H13BrF2N2O2/c1-13(2)12(20)17-5-10(19)18(13)6-7-9(15)4-3-8(14)11(7)16/h3-4H,5-6H2,1-2H3,(H,17,20). The molecule has 1 aliphatic rings. The zero-order chi connectivity index (χ0) is 15.1. The molecule has 1 heterocycles. The molecule has 0 saturated carbocycles. The molecule has 7 heteroatoms. The molecule has 108 valence electrons. The van der Waals surface area contributed by atoms with Gasteiger partial charge in [0.1, 0.15) is 17.2 Å². The molecular weight excluding hydrogens is 334 g/mol. The predicted octanol–water partition coefficient (Wildman–Crippen LogP) is 1.96. The molecule has 1 fully saturated rings. The van der Waals surface area contributed by atoms with Gasteiger partial charge in [-0.1, -0.05) is 0 Å². The number of benzene rings is 1. The molecule has 1 N–H and O–H groups in total. The van der Waals surface area contributed by atoms with Gasteiger partial charge in [0.15, 0.2) is 0 Å². The van der Waals surface area contributed by atoms with Gasteiger partial charge in [-0.05, 0) is 41.9 Å². The van der Waals surface area contributed by atoms with E-state index >= 15 is 0 Å². The van der Waals surface area contributed by atoms with Crippen LogP contribution in [0.2, 0.25) is 0 Å². The Labute approximate surface area is 123 Å². The fourth-order valence-electron chi connectivity index (χ4n) is 2.06. The van der Waals surface area contributed by atoms with Crippen LogP contribution in [0.3, 0.4) is 0 Å². The van der Waals surface area contributed by atoms with Gasteiger partial charge >= 0.3 is 0 Å². The van der Waals surface area contributed by atoms with E-state index in [1.165, 1.54) is 24.8 Å². The molecule has 2 amide bonds. The van der Waals surface area contributed by atoms with Gasteiger partial charge in [0.2, 0.25) is 11.8 Å². The predicted molar refractivity (Wildman–Crippen MR) is 71.7 cm³/mol. The van der Waals surface area contributed by atoms with E-state index in [1.54, 1.807) is 0 Å². The molecule has 1 aliphatic heterocycles. The second-order valence-electron chi connectivity index (χ2n) is 5.04. The summed E-state index contributed by atoms with van der Waals surface area (Å²) in [4.78, 5) is 24.9. The van der Waals surface area contributed by atoms with Crippen molar-refractivity contribution in [1.29, 1.82) is 0 Å². The Kier molecular flexibility index (Phi) is 3.82. The summed E-state index contributed by atoms with van der Waals surface area (Å²) in [7, 11) is 0. The van der Waals surface area contributed by atoms with Gasteiger partial charge < -0.3 is 10.2 Å². The Morgan fingerprint density at radius 3 is 2.65 bits per heavy atom. The van der Waals surface area contributed by atoms with E-state index in [0.29, 0.717) is 0 Å². The molecule has 1 aromatic rings. The topological polar surface area (TPSA) is 49.4 Å². The Morgan fingerprint density at radius 1 is 1.35 bits per heavy atom. The zero-order valence-electron chi connectivity index (χ0n) is 11.0. The van der Waals surface area contributed by atoms with Crippen LogP contribution in [-0.2, 0) is 16.1 Å². The second kappa shape index (κ2) is 5.12. The number of carbonyl (C=O) groups excluding carboxylic acids is 2. The number of hydrogen-bond acceptors (Lipinski definition) is 2. The van der Waals surface area contributed by atoms with Crippen LogP contribution in [0.4, 0.5) is 8.78 Å². The van der Waals surface area contributed by atoms with Gasteiger partial charge in [0.05, 0.1) is 17.6 Å². The van der Waals surface area contributed by atoms with Gasteiger partial charge in [0, 0.05) is 5.56 Å². The van der Waals surface area contributed by atoms with Crippen molar-refractivity contribution in [3.05, 3.63) is 33.8 Å². The molecule has 20 heavy (non-hydrogen) atoms. The maximum atomic E-state index is 14.0. The monoisotopic (exact) mass is 346 g/mol. The third kappa shape index (κ3) is 2.42. The molecule has 4 nitrogen and oxygen atoms in total. The SMILES string of the molecule is CC1(C)C(=O)NCC(=O)N1Cc1c(F)ccc(Br)c1F. The summed E-state index contributed by atoms with van der Waals surface area (Å²) in [6, 6.07) is 2.37. The van der Waals surface area contributed by atoms with Crippen LogP contribution in [0.5, 0.6) is 0 Å². The van der Waals surface area contributed by atoms with E-state index < -0.39 is 17.2 Å². The van der Waals surface area contributed by atoms with Crippen molar-refractivity contribution in [2.24, 2.45) is 0 Å². The highest BCUT2D eigenvalue weighted by Gasteiger charge is 2.42. The maximum absolute atomic E-state index is 14.0. The number of nitrogens with one attached hydrogen (secondary N) is 1. The molecule has 0 aromatic heterocycles. The fourth-order valence-corrected chi connectivity index (χ4v) is 2.43.